The van der Waals surface area contributed by atoms with Crippen molar-refractivity contribution in [3.63, 3.8) is 0 Å². The Morgan fingerprint density at radius 2 is 2.05 bits per heavy atom. The highest BCUT2D eigenvalue weighted by Crippen LogP contribution is 2.24. The van der Waals surface area contributed by atoms with Crippen molar-refractivity contribution in [3.05, 3.63) is 35.4 Å². The zero-order valence-corrected chi connectivity index (χ0v) is 12.3. The van der Waals surface area contributed by atoms with Gasteiger partial charge in [-0.05, 0) is 37.6 Å². The molecule has 3 rings (SSSR count). The van der Waals surface area contributed by atoms with Crippen molar-refractivity contribution in [3.8, 4) is 11.5 Å². The molecule has 0 radical (unpaired) electrons. The Morgan fingerprint density at radius 1 is 1.29 bits per heavy atom. The molecule has 1 N–H and O–H groups in total. The van der Waals surface area contributed by atoms with Gasteiger partial charge in [0.2, 0.25) is 0 Å². The molecule has 0 bridgehead atoms. The highest BCUT2D eigenvalue weighted by atomic mass is 19.1. The number of piperazine rings is 1. The minimum absolute atomic E-state index is 0.0965. The fourth-order valence-electron chi connectivity index (χ4n) is 2.61. The Morgan fingerprint density at radius 3 is 2.76 bits per heavy atom. The average molecular weight is 290 g/mol. The molecule has 1 unspecified atom stereocenters. The number of hydrogen-bond donors (Lipinski definition) is 1. The zero-order chi connectivity index (χ0) is 14.8. The van der Waals surface area contributed by atoms with E-state index in [0.717, 1.165) is 31.7 Å². The van der Waals surface area contributed by atoms with Crippen molar-refractivity contribution in [2.75, 3.05) is 26.2 Å². The maximum atomic E-state index is 13.5. The lowest BCUT2D eigenvalue weighted by Gasteiger charge is -2.30. The molecule has 2 heterocycles. The van der Waals surface area contributed by atoms with Crippen LogP contribution < -0.4 is 5.32 Å². The summed E-state index contributed by atoms with van der Waals surface area (Å²) in [4.78, 5) is 6.74. The number of aromatic nitrogens is 2. The van der Waals surface area contributed by atoms with Gasteiger partial charge in [0, 0.05) is 31.7 Å². The minimum Gasteiger partial charge on any atom is -0.334 e. The van der Waals surface area contributed by atoms with E-state index in [9.17, 15) is 4.39 Å². The topological polar surface area (TPSA) is 54.2 Å². The molecular weight excluding hydrogens is 271 g/mol. The first kappa shape index (κ1) is 14.2. The standard InChI is InChI=1S/C15H19FN4O/c1-10-7-12(9-13(16)8-10)15-18-14(19-21-15)11(2)20-5-3-17-4-6-20/h7-9,11,17H,3-6H2,1-2H3. The Labute approximate surface area is 123 Å². The summed E-state index contributed by atoms with van der Waals surface area (Å²) < 4.78 is 18.8. The SMILES string of the molecule is Cc1cc(F)cc(-c2nc(C(C)N3CCNCC3)no2)c1. The van der Waals surface area contributed by atoms with Crippen LogP contribution in [0.5, 0.6) is 0 Å². The van der Waals surface area contributed by atoms with Crippen LogP contribution in [0.4, 0.5) is 4.39 Å². The van der Waals surface area contributed by atoms with Crippen molar-refractivity contribution < 1.29 is 8.91 Å². The van der Waals surface area contributed by atoms with Gasteiger partial charge >= 0.3 is 0 Å². The van der Waals surface area contributed by atoms with Crippen molar-refractivity contribution in [2.24, 2.45) is 0 Å². The van der Waals surface area contributed by atoms with Gasteiger partial charge in [0.25, 0.3) is 5.89 Å². The Kier molecular flexibility index (Phi) is 3.98. The molecule has 0 saturated carbocycles. The number of aryl methyl sites for hydroxylation is 1. The third kappa shape index (κ3) is 3.11. The van der Waals surface area contributed by atoms with Crippen molar-refractivity contribution in [1.82, 2.24) is 20.4 Å². The molecule has 1 fully saturated rings. The van der Waals surface area contributed by atoms with Crippen LogP contribution in [-0.4, -0.2) is 41.2 Å². The molecule has 1 aromatic heterocycles. The van der Waals surface area contributed by atoms with Gasteiger partial charge in [-0.3, -0.25) is 4.90 Å². The third-order valence-corrected chi connectivity index (χ3v) is 3.80. The molecule has 112 valence electrons. The summed E-state index contributed by atoms with van der Waals surface area (Å²) in [6, 6.07) is 4.83. The molecule has 1 atom stereocenters. The van der Waals surface area contributed by atoms with Crippen LogP contribution in [0.25, 0.3) is 11.5 Å². The second kappa shape index (κ2) is 5.91. The number of rotatable bonds is 3. The Hall–Kier alpha value is -1.79. The second-order valence-electron chi connectivity index (χ2n) is 5.44. The molecule has 0 amide bonds. The number of hydrogen-bond acceptors (Lipinski definition) is 5. The number of nitrogens with zero attached hydrogens (tertiary/aromatic N) is 3. The predicted molar refractivity (Wildman–Crippen MR) is 77.3 cm³/mol. The molecule has 5 nitrogen and oxygen atoms in total. The van der Waals surface area contributed by atoms with E-state index in [1.54, 1.807) is 0 Å². The number of nitrogens with one attached hydrogen (secondary N) is 1. The van der Waals surface area contributed by atoms with E-state index in [1.807, 2.05) is 13.0 Å². The van der Waals surface area contributed by atoms with E-state index in [1.165, 1.54) is 12.1 Å². The monoisotopic (exact) mass is 290 g/mol. The summed E-state index contributed by atoms with van der Waals surface area (Å²) in [5.41, 5.74) is 1.46. The van der Waals surface area contributed by atoms with Crippen LogP contribution in [0.15, 0.2) is 22.7 Å². The molecule has 2 aromatic rings. The molecule has 6 heteroatoms. The van der Waals surface area contributed by atoms with Crippen LogP contribution in [0.1, 0.15) is 24.4 Å². The molecule has 21 heavy (non-hydrogen) atoms. The quantitative estimate of drug-likeness (QED) is 0.938. The van der Waals surface area contributed by atoms with E-state index in [2.05, 4.69) is 27.3 Å². The van der Waals surface area contributed by atoms with Crippen molar-refractivity contribution >= 4 is 0 Å². The summed E-state index contributed by atoms with van der Waals surface area (Å²) >= 11 is 0. The van der Waals surface area contributed by atoms with Gasteiger partial charge in [-0.2, -0.15) is 4.98 Å². The van der Waals surface area contributed by atoms with Gasteiger partial charge in [0.05, 0.1) is 6.04 Å². The van der Waals surface area contributed by atoms with Gasteiger partial charge in [-0.25, -0.2) is 4.39 Å². The number of halogens is 1. The number of benzene rings is 1. The predicted octanol–water partition coefficient (Wildman–Crippen LogP) is 2.15. The highest BCUT2D eigenvalue weighted by Gasteiger charge is 2.22. The summed E-state index contributed by atoms with van der Waals surface area (Å²) in [6.07, 6.45) is 0. The largest absolute Gasteiger partial charge is 0.334 e. The van der Waals surface area contributed by atoms with E-state index in [-0.39, 0.29) is 11.9 Å². The van der Waals surface area contributed by atoms with E-state index < -0.39 is 0 Å². The normalized spacial score (nSPS) is 17.9. The molecule has 1 aliphatic rings. The molecule has 1 aliphatic heterocycles. The first-order chi connectivity index (χ1) is 10.1. The second-order valence-corrected chi connectivity index (χ2v) is 5.44. The van der Waals surface area contributed by atoms with Crippen LogP contribution in [0.2, 0.25) is 0 Å². The lowest BCUT2D eigenvalue weighted by molar-refractivity contribution is 0.176. The van der Waals surface area contributed by atoms with Gasteiger partial charge in [-0.15, -0.1) is 0 Å². The van der Waals surface area contributed by atoms with E-state index in [4.69, 9.17) is 4.52 Å². The minimum atomic E-state index is -0.292. The maximum absolute atomic E-state index is 13.5. The maximum Gasteiger partial charge on any atom is 0.258 e. The fourth-order valence-corrected chi connectivity index (χ4v) is 2.61. The molecule has 1 saturated heterocycles. The molecule has 0 aliphatic carbocycles. The Balaban J connectivity index is 1.82. The van der Waals surface area contributed by atoms with Crippen LogP contribution in [0, 0.1) is 12.7 Å². The van der Waals surface area contributed by atoms with Crippen LogP contribution in [-0.2, 0) is 0 Å². The first-order valence-corrected chi connectivity index (χ1v) is 7.19. The highest BCUT2D eigenvalue weighted by molar-refractivity contribution is 5.54. The van der Waals surface area contributed by atoms with Gasteiger partial charge in [0.1, 0.15) is 5.82 Å². The first-order valence-electron chi connectivity index (χ1n) is 7.19. The third-order valence-electron chi connectivity index (χ3n) is 3.80. The van der Waals surface area contributed by atoms with Crippen LogP contribution in [0.3, 0.4) is 0 Å². The molecular formula is C15H19FN4O. The van der Waals surface area contributed by atoms with E-state index >= 15 is 0 Å². The average Bonchev–Trinajstić information content (AvgIpc) is 2.96. The molecule has 1 aromatic carbocycles. The van der Waals surface area contributed by atoms with Crippen LogP contribution >= 0.6 is 0 Å². The summed E-state index contributed by atoms with van der Waals surface area (Å²) in [7, 11) is 0. The fraction of sp³-hybridized carbons (Fsp3) is 0.467. The van der Waals surface area contributed by atoms with Crippen molar-refractivity contribution in [2.45, 2.75) is 19.9 Å². The van der Waals surface area contributed by atoms with Gasteiger partial charge in [0.15, 0.2) is 5.82 Å². The smallest absolute Gasteiger partial charge is 0.258 e. The van der Waals surface area contributed by atoms with Gasteiger partial charge in [-0.1, -0.05) is 5.16 Å². The Bertz CT molecular complexity index is 602. The lowest BCUT2D eigenvalue weighted by atomic mass is 10.1. The molecule has 0 spiro atoms. The van der Waals surface area contributed by atoms with E-state index in [0.29, 0.717) is 17.3 Å². The zero-order valence-electron chi connectivity index (χ0n) is 12.3. The summed E-state index contributed by atoms with van der Waals surface area (Å²) in [5.74, 6) is 0.725. The van der Waals surface area contributed by atoms with Crippen molar-refractivity contribution in [1.29, 1.82) is 0 Å². The summed E-state index contributed by atoms with van der Waals surface area (Å²) in [6.45, 7) is 7.77. The van der Waals surface area contributed by atoms with Gasteiger partial charge < -0.3 is 9.84 Å². The summed E-state index contributed by atoms with van der Waals surface area (Å²) in [5, 5.41) is 7.37. The lowest BCUT2D eigenvalue weighted by Crippen LogP contribution is -2.44.